The van der Waals surface area contributed by atoms with E-state index in [4.69, 9.17) is 14.8 Å². The first-order valence-electron chi connectivity index (χ1n) is 14.6. The van der Waals surface area contributed by atoms with Crippen molar-refractivity contribution in [2.24, 2.45) is 0 Å². The summed E-state index contributed by atoms with van der Waals surface area (Å²) in [4.78, 5) is 46.1. The molecule has 0 unspecified atom stereocenters. The summed E-state index contributed by atoms with van der Waals surface area (Å²) in [7, 11) is 0. The molecule has 5 aromatic rings. The molecule has 0 aliphatic carbocycles. The molecule has 13 heteroatoms. The minimum Gasteiger partial charge on any atom is -0.492 e. The van der Waals surface area contributed by atoms with Crippen LogP contribution in [-0.2, 0) is 11.3 Å². The summed E-state index contributed by atoms with van der Waals surface area (Å²) in [5, 5.41) is 21.6. The lowest BCUT2D eigenvalue weighted by molar-refractivity contribution is -0.122. The molecule has 6 rings (SSSR count). The number of hydrogen-bond acceptors (Lipinski definition) is 8. The lowest BCUT2D eigenvalue weighted by atomic mass is 10.2. The van der Waals surface area contributed by atoms with Crippen molar-refractivity contribution in [3.63, 3.8) is 0 Å². The molecule has 0 spiro atoms. The van der Waals surface area contributed by atoms with Crippen molar-refractivity contribution in [2.45, 2.75) is 25.9 Å². The molecule has 0 saturated heterocycles. The van der Waals surface area contributed by atoms with Gasteiger partial charge in [-0.2, -0.15) is 21.5 Å². The molecular formula is C32H32N8O4S. The van der Waals surface area contributed by atoms with Gasteiger partial charge in [0, 0.05) is 35.2 Å². The number of nitrogens with one attached hydrogen (secondary N) is 3. The predicted octanol–water partition coefficient (Wildman–Crippen LogP) is 3.93. The van der Waals surface area contributed by atoms with Crippen LogP contribution >= 0.6 is 11.3 Å². The molecule has 0 radical (unpaired) electrons. The van der Waals surface area contributed by atoms with Gasteiger partial charge in [0.15, 0.2) is 5.82 Å². The predicted molar refractivity (Wildman–Crippen MR) is 169 cm³/mol. The topological polar surface area (TPSA) is 147 Å². The highest BCUT2D eigenvalue weighted by Gasteiger charge is 2.24. The molecule has 45 heavy (non-hydrogen) atoms. The van der Waals surface area contributed by atoms with E-state index in [1.165, 1.54) is 16.2 Å². The number of ether oxygens (including phenoxy) is 1. The van der Waals surface area contributed by atoms with Gasteiger partial charge in [-0.05, 0) is 49.1 Å². The van der Waals surface area contributed by atoms with E-state index >= 15 is 0 Å². The van der Waals surface area contributed by atoms with Gasteiger partial charge in [-0.25, -0.2) is 9.67 Å². The Balaban J connectivity index is 1.27. The summed E-state index contributed by atoms with van der Waals surface area (Å²) < 4.78 is 7.68. The second-order valence-corrected chi connectivity index (χ2v) is 11.3. The number of rotatable bonds is 3. The zero-order chi connectivity index (χ0) is 31.2. The Labute approximate surface area is 263 Å². The number of amides is 3. The first-order valence-corrected chi connectivity index (χ1v) is 15.6. The molecule has 3 N–H and O–H groups in total. The fourth-order valence-electron chi connectivity index (χ4n) is 5.04. The molecule has 1 aliphatic heterocycles. The van der Waals surface area contributed by atoms with Crippen LogP contribution in [0.5, 0.6) is 5.75 Å². The lowest BCUT2D eigenvalue weighted by Gasteiger charge is -2.23. The van der Waals surface area contributed by atoms with Crippen molar-refractivity contribution < 1.29 is 19.1 Å². The summed E-state index contributed by atoms with van der Waals surface area (Å²) in [6, 6.07) is 19.6. The van der Waals surface area contributed by atoms with Crippen molar-refractivity contribution in [1.82, 2.24) is 40.5 Å². The normalized spacial score (nSPS) is 16.5. The maximum atomic E-state index is 13.6. The molecule has 1 atom stereocenters. The second kappa shape index (κ2) is 13.6. The molecular weight excluding hydrogens is 592 g/mol. The molecule has 3 amide bonds. The highest BCUT2D eigenvalue weighted by atomic mass is 32.1. The number of aromatic nitrogens is 5. The van der Waals surface area contributed by atoms with E-state index < -0.39 is 6.04 Å². The number of benzene rings is 2. The molecule has 2 bridgehead atoms. The number of nitrogens with zero attached hydrogens (tertiary/aromatic N) is 5. The number of carbonyl (C=O) groups excluding carboxylic acids is 3. The van der Waals surface area contributed by atoms with Crippen LogP contribution in [0.15, 0.2) is 77.5 Å². The van der Waals surface area contributed by atoms with Crippen LogP contribution in [0.2, 0.25) is 0 Å². The number of hydrogen-bond donors (Lipinski definition) is 3. The second-order valence-electron chi connectivity index (χ2n) is 10.6. The maximum absolute atomic E-state index is 13.6. The third-order valence-electron chi connectivity index (χ3n) is 7.30. The van der Waals surface area contributed by atoms with Gasteiger partial charge in [0.25, 0.3) is 11.8 Å². The fourth-order valence-corrected chi connectivity index (χ4v) is 5.69. The van der Waals surface area contributed by atoms with Crippen LogP contribution in [0, 0.1) is 0 Å². The highest BCUT2D eigenvalue weighted by Crippen LogP contribution is 2.22. The van der Waals surface area contributed by atoms with Crippen LogP contribution < -0.4 is 15.4 Å². The molecule has 3 aromatic heterocycles. The van der Waals surface area contributed by atoms with E-state index in [2.05, 4.69) is 20.8 Å². The van der Waals surface area contributed by atoms with Gasteiger partial charge < -0.3 is 20.3 Å². The fraction of sp³-hybridized carbons (Fsp3) is 0.250. The monoisotopic (exact) mass is 624 g/mol. The maximum Gasteiger partial charge on any atom is 0.272 e. The summed E-state index contributed by atoms with van der Waals surface area (Å²) >= 11 is 1.54. The zero-order valence-electron chi connectivity index (χ0n) is 24.6. The summed E-state index contributed by atoms with van der Waals surface area (Å²) in [6.45, 7) is 2.78. The Kier molecular flexibility index (Phi) is 8.96. The van der Waals surface area contributed by atoms with E-state index in [1.807, 2.05) is 54.1 Å². The molecule has 12 nitrogen and oxygen atoms in total. The van der Waals surface area contributed by atoms with Crippen molar-refractivity contribution in [1.29, 1.82) is 0 Å². The van der Waals surface area contributed by atoms with E-state index in [1.54, 1.807) is 35.0 Å². The Morgan fingerprint density at radius 1 is 1.00 bits per heavy atom. The van der Waals surface area contributed by atoms with Crippen LogP contribution in [0.4, 0.5) is 0 Å². The average molecular weight is 625 g/mol. The first-order chi connectivity index (χ1) is 21.9. The van der Waals surface area contributed by atoms with E-state index in [9.17, 15) is 14.4 Å². The van der Waals surface area contributed by atoms with Gasteiger partial charge in [0.2, 0.25) is 5.91 Å². The van der Waals surface area contributed by atoms with Crippen LogP contribution in [0.25, 0.3) is 22.6 Å². The van der Waals surface area contributed by atoms with E-state index in [0.717, 1.165) is 11.1 Å². The number of aromatic amines is 1. The zero-order valence-corrected chi connectivity index (χ0v) is 25.4. The number of fused-ring (bicyclic) bond motifs is 3. The van der Waals surface area contributed by atoms with Gasteiger partial charge in [0.1, 0.15) is 23.9 Å². The summed E-state index contributed by atoms with van der Waals surface area (Å²) in [5.41, 5.74) is 3.11. The van der Waals surface area contributed by atoms with Crippen molar-refractivity contribution in [3.8, 4) is 28.4 Å². The quantitative estimate of drug-likeness (QED) is 0.276. The smallest absolute Gasteiger partial charge is 0.272 e. The SMILES string of the molecule is C[C@@H]1NC(=O)CN(C(=O)c2cc(-c3ccsc3)n[nH]2)CCCNC(=O)c2cccc(c2)OCCn2nc(-c3ccccc3)nc21. The van der Waals surface area contributed by atoms with Crippen LogP contribution in [0.1, 0.15) is 46.1 Å². The van der Waals surface area contributed by atoms with Crippen LogP contribution in [0.3, 0.4) is 0 Å². The van der Waals surface area contributed by atoms with Gasteiger partial charge in [0.05, 0.1) is 24.8 Å². The Morgan fingerprint density at radius 3 is 2.67 bits per heavy atom. The average Bonchev–Trinajstić information content (AvgIpc) is 3.84. The molecule has 4 heterocycles. The van der Waals surface area contributed by atoms with Gasteiger partial charge in [-0.1, -0.05) is 36.4 Å². The molecule has 2 aromatic carbocycles. The van der Waals surface area contributed by atoms with Gasteiger partial charge >= 0.3 is 0 Å². The molecule has 230 valence electrons. The van der Waals surface area contributed by atoms with E-state index in [-0.39, 0.29) is 43.1 Å². The number of carbonyl (C=O) groups is 3. The van der Waals surface area contributed by atoms with Crippen molar-refractivity contribution in [2.75, 3.05) is 26.2 Å². The van der Waals surface area contributed by atoms with E-state index in [0.29, 0.717) is 48.2 Å². The Morgan fingerprint density at radius 2 is 1.84 bits per heavy atom. The molecule has 0 fully saturated rings. The minimum absolute atomic E-state index is 0.200. The minimum atomic E-state index is -0.515. The summed E-state index contributed by atoms with van der Waals surface area (Å²) in [5.74, 6) is 0.632. The largest absolute Gasteiger partial charge is 0.492 e. The van der Waals surface area contributed by atoms with Gasteiger partial charge in [-0.3, -0.25) is 19.5 Å². The summed E-state index contributed by atoms with van der Waals surface area (Å²) in [6.07, 6.45) is 0.427. The number of H-pyrrole nitrogens is 1. The van der Waals surface area contributed by atoms with Crippen LogP contribution in [-0.4, -0.2) is 73.8 Å². The Bertz CT molecular complexity index is 1780. The van der Waals surface area contributed by atoms with Crippen molar-refractivity contribution in [3.05, 3.63) is 94.6 Å². The van der Waals surface area contributed by atoms with Crippen molar-refractivity contribution >= 4 is 29.1 Å². The molecule has 1 aliphatic rings. The molecule has 0 saturated carbocycles. The third-order valence-corrected chi connectivity index (χ3v) is 7.99. The Hall–Kier alpha value is -5.30. The third kappa shape index (κ3) is 7.10. The first kappa shape index (κ1) is 29.8. The highest BCUT2D eigenvalue weighted by molar-refractivity contribution is 7.08. The van der Waals surface area contributed by atoms with Gasteiger partial charge in [-0.15, -0.1) is 0 Å². The number of thiophene rings is 1. The standard InChI is InChI=1S/C32H32N8O4S/c1-21-30-35-29(22-7-3-2-4-8-22)38-40(30)14-15-44-25-10-5-9-23(17-25)31(42)33-12-6-13-39(19-28(41)34-21)32(43)27-18-26(36-37-27)24-11-16-45-20-24/h2-5,7-11,16-18,20-21H,6,12-15,19H2,1H3,(H,33,42)(H,34,41)(H,36,37)/t21-/m0/s1. The lowest BCUT2D eigenvalue weighted by Crippen LogP contribution is -2.43.